The lowest BCUT2D eigenvalue weighted by Gasteiger charge is -2.14. The molecule has 108 valence electrons. The van der Waals surface area contributed by atoms with E-state index in [1.165, 1.54) is 6.26 Å². The van der Waals surface area contributed by atoms with Crippen LogP contribution in [0.15, 0.2) is 29.2 Å². The van der Waals surface area contributed by atoms with Crippen LogP contribution in [0.5, 0.6) is 0 Å². The van der Waals surface area contributed by atoms with E-state index in [2.05, 4.69) is 12.2 Å². The van der Waals surface area contributed by atoms with Crippen molar-refractivity contribution in [1.29, 1.82) is 0 Å². The lowest BCUT2D eigenvalue weighted by molar-refractivity contribution is 0.192. The van der Waals surface area contributed by atoms with E-state index in [-0.39, 0.29) is 6.04 Å². The van der Waals surface area contributed by atoms with Crippen LogP contribution in [0.1, 0.15) is 31.4 Å². The summed E-state index contributed by atoms with van der Waals surface area (Å²) in [6.45, 7) is 3.79. The van der Waals surface area contributed by atoms with E-state index in [4.69, 9.17) is 4.74 Å². The fourth-order valence-electron chi connectivity index (χ4n) is 1.81. The maximum Gasteiger partial charge on any atom is 0.175 e. The molecule has 1 rings (SSSR count). The SMILES string of the molecule is COCCCCNC(C)c1ccc(S(C)(=O)=O)cc1. The Bertz CT molecular complexity index is 468. The largest absolute Gasteiger partial charge is 0.385 e. The van der Waals surface area contributed by atoms with Gasteiger partial charge in [-0.15, -0.1) is 0 Å². The Kier molecular flexibility index (Phi) is 6.48. The molecule has 5 heteroatoms. The molecule has 4 nitrogen and oxygen atoms in total. The smallest absolute Gasteiger partial charge is 0.175 e. The lowest BCUT2D eigenvalue weighted by Crippen LogP contribution is -2.20. The van der Waals surface area contributed by atoms with Crippen molar-refractivity contribution in [2.45, 2.75) is 30.7 Å². The highest BCUT2D eigenvalue weighted by Gasteiger charge is 2.08. The monoisotopic (exact) mass is 285 g/mol. The molecule has 0 fully saturated rings. The number of nitrogens with one attached hydrogen (secondary N) is 1. The highest BCUT2D eigenvalue weighted by Crippen LogP contribution is 2.16. The van der Waals surface area contributed by atoms with Gasteiger partial charge in [0.1, 0.15) is 0 Å². The second-order valence-electron chi connectivity index (χ2n) is 4.72. The molecule has 0 aliphatic carbocycles. The van der Waals surface area contributed by atoms with Gasteiger partial charge in [-0.05, 0) is 44.0 Å². The third-order valence-corrected chi connectivity index (χ3v) is 4.16. The van der Waals surface area contributed by atoms with Crippen molar-refractivity contribution in [3.05, 3.63) is 29.8 Å². The Labute approximate surface area is 116 Å². The van der Waals surface area contributed by atoms with Crippen molar-refractivity contribution < 1.29 is 13.2 Å². The number of sulfone groups is 1. The fraction of sp³-hybridized carbons (Fsp3) is 0.571. The van der Waals surface area contributed by atoms with E-state index in [1.807, 2.05) is 12.1 Å². The summed E-state index contributed by atoms with van der Waals surface area (Å²) >= 11 is 0. The van der Waals surface area contributed by atoms with Crippen LogP contribution in [-0.2, 0) is 14.6 Å². The first kappa shape index (κ1) is 16.1. The second kappa shape index (κ2) is 7.62. The molecule has 1 aromatic rings. The third kappa shape index (κ3) is 5.72. The van der Waals surface area contributed by atoms with Crippen molar-refractivity contribution >= 4 is 9.84 Å². The summed E-state index contributed by atoms with van der Waals surface area (Å²) in [4.78, 5) is 0.364. The Morgan fingerprint density at radius 3 is 2.37 bits per heavy atom. The van der Waals surface area contributed by atoms with Crippen LogP contribution in [0.3, 0.4) is 0 Å². The van der Waals surface area contributed by atoms with Crippen LogP contribution in [0, 0.1) is 0 Å². The van der Waals surface area contributed by atoms with Gasteiger partial charge in [0.15, 0.2) is 9.84 Å². The standard InChI is InChI=1S/C14H23NO3S/c1-12(15-10-4-5-11-18-2)13-6-8-14(9-7-13)19(3,16)17/h6-9,12,15H,4-5,10-11H2,1-3H3. The van der Waals surface area contributed by atoms with Gasteiger partial charge in [-0.1, -0.05) is 12.1 Å². The highest BCUT2D eigenvalue weighted by atomic mass is 32.2. The van der Waals surface area contributed by atoms with Gasteiger partial charge >= 0.3 is 0 Å². The Balaban J connectivity index is 2.47. The number of ether oxygens (including phenoxy) is 1. The average Bonchev–Trinajstić information content (AvgIpc) is 2.37. The lowest BCUT2D eigenvalue weighted by atomic mass is 10.1. The maximum atomic E-state index is 11.4. The van der Waals surface area contributed by atoms with Crippen LogP contribution in [0.25, 0.3) is 0 Å². The molecule has 1 atom stereocenters. The molecule has 1 aromatic carbocycles. The fourth-order valence-corrected chi connectivity index (χ4v) is 2.44. The molecule has 0 saturated heterocycles. The minimum atomic E-state index is -3.11. The normalized spacial score (nSPS) is 13.4. The summed E-state index contributed by atoms with van der Waals surface area (Å²) in [6, 6.07) is 7.27. The average molecular weight is 285 g/mol. The predicted octanol–water partition coefficient (Wildman–Crippen LogP) is 2.17. The summed E-state index contributed by atoms with van der Waals surface area (Å²) in [6.07, 6.45) is 3.34. The number of rotatable bonds is 8. The molecule has 1 N–H and O–H groups in total. The second-order valence-corrected chi connectivity index (χ2v) is 6.73. The first-order chi connectivity index (χ1) is 8.95. The molecule has 0 bridgehead atoms. The summed E-state index contributed by atoms with van der Waals surface area (Å²) in [5.41, 5.74) is 1.10. The van der Waals surface area contributed by atoms with E-state index in [1.54, 1.807) is 19.2 Å². The topological polar surface area (TPSA) is 55.4 Å². The maximum absolute atomic E-state index is 11.4. The molecular formula is C14H23NO3S. The molecule has 19 heavy (non-hydrogen) atoms. The molecule has 1 unspecified atom stereocenters. The van der Waals surface area contributed by atoms with E-state index >= 15 is 0 Å². The van der Waals surface area contributed by atoms with Gasteiger partial charge in [-0.2, -0.15) is 0 Å². The van der Waals surface area contributed by atoms with Gasteiger partial charge in [-0.3, -0.25) is 0 Å². The van der Waals surface area contributed by atoms with Crippen LogP contribution < -0.4 is 5.32 Å². The quantitative estimate of drug-likeness (QED) is 0.744. The molecular weight excluding hydrogens is 262 g/mol. The zero-order chi connectivity index (χ0) is 14.3. The van der Waals surface area contributed by atoms with Gasteiger partial charge in [0.25, 0.3) is 0 Å². The molecule has 0 amide bonds. The Morgan fingerprint density at radius 2 is 1.84 bits per heavy atom. The number of methoxy groups -OCH3 is 1. The zero-order valence-corrected chi connectivity index (χ0v) is 12.7. The minimum absolute atomic E-state index is 0.219. The van der Waals surface area contributed by atoms with Gasteiger partial charge < -0.3 is 10.1 Å². The number of unbranched alkanes of at least 4 members (excludes halogenated alkanes) is 1. The van der Waals surface area contributed by atoms with Gasteiger partial charge in [0.2, 0.25) is 0 Å². The molecule has 0 aromatic heterocycles. The Morgan fingerprint density at radius 1 is 1.21 bits per heavy atom. The van der Waals surface area contributed by atoms with Gasteiger partial charge in [0, 0.05) is 26.0 Å². The molecule has 0 heterocycles. The van der Waals surface area contributed by atoms with Crippen molar-refractivity contribution in [2.75, 3.05) is 26.5 Å². The zero-order valence-electron chi connectivity index (χ0n) is 11.8. The predicted molar refractivity (Wildman–Crippen MR) is 77.1 cm³/mol. The van der Waals surface area contributed by atoms with Crippen LogP contribution in [0.2, 0.25) is 0 Å². The minimum Gasteiger partial charge on any atom is -0.385 e. The molecule has 0 radical (unpaired) electrons. The van der Waals surface area contributed by atoms with E-state index in [0.29, 0.717) is 4.90 Å². The number of hydrogen-bond donors (Lipinski definition) is 1. The van der Waals surface area contributed by atoms with Crippen LogP contribution >= 0.6 is 0 Å². The van der Waals surface area contributed by atoms with E-state index in [9.17, 15) is 8.42 Å². The van der Waals surface area contributed by atoms with Gasteiger partial charge in [0.05, 0.1) is 4.90 Å². The number of benzene rings is 1. The van der Waals surface area contributed by atoms with Crippen molar-refractivity contribution in [3.8, 4) is 0 Å². The third-order valence-electron chi connectivity index (χ3n) is 3.03. The van der Waals surface area contributed by atoms with Crippen LogP contribution in [-0.4, -0.2) is 34.9 Å². The first-order valence-corrected chi connectivity index (χ1v) is 8.36. The highest BCUT2D eigenvalue weighted by molar-refractivity contribution is 7.90. The van der Waals surface area contributed by atoms with Crippen LogP contribution in [0.4, 0.5) is 0 Å². The summed E-state index contributed by atoms with van der Waals surface area (Å²) < 4.78 is 27.7. The van der Waals surface area contributed by atoms with Crippen molar-refractivity contribution in [3.63, 3.8) is 0 Å². The molecule has 0 saturated carbocycles. The van der Waals surface area contributed by atoms with E-state index < -0.39 is 9.84 Å². The summed E-state index contributed by atoms with van der Waals surface area (Å²) in [5, 5.41) is 3.41. The molecule has 0 aliphatic rings. The summed E-state index contributed by atoms with van der Waals surface area (Å²) in [5.74, 6) is 0. The van der Waals surface area contributed by atoms with Crippen molar-refractivity contribution in [1.82, 2.24) is 5.32 Å². The summed E-state index contributed by atoms with van der Waals surface area (Å²) in [7, 11) is -1.40. The first-order valence-electron chi connectivity index (χ1n) is 6.47. The number of hydrogen-bond acceptors (Lipinski definition) is 4. The molecule has 0 aliphatic heterocycles. The van der Waals surface area contributed by atoms with Crippen molar-refractivity contribution in [2.24, 2.45) is 0 Å². The molecule has 0 spiro atoms. The van der Waals surface area contributed by atoms with E-state index in [0.717, 1.165) is 31.6 Å². The Hall–Kier alpha value is -0.910. The van der Waals surface area contributed by atoms with Gasteiger partial charge in [-0.25, -0.2) is 8.42 Å².